The zero-order chi connectivity index (χ0) is 15.9. The summed E-state index contributed by atoms with van der Waals surface area (Å²) in [5.74, 6) is 0.592. The topological polar surface area (TPSA) is 72.5 Å². The molecule has 1 unspecified atom stereocenters. The molecular formula is C15H25N3O3. The van der Waals surface area contributed by atoms with Crippen LogP contribution < -0.4 is 15.4 Å². The van der Waals surface area contributed by atoms with E-state index in [2.05, 4.69) is 15.6 Å². The quantitative estimate of drug-likeness (QED) is 0.841. The van der Waals surface area contributed by atoms with Crippen molar-refractivity contribution < 1.29 is 14.3 Å². The van der Waals surface area contributed by atoms with Crippen molar-refractivity contribution in [2.75, 3.05) is 13.7 Å². The van der Waals surface area contributed by atoms with Gasteiger partial charge in [-0.25, -0.2) is 9.78 Å². The van der Waals surface area contributed by atoms with Crippen LogP contribution in [0.1, 0.15) is 33.4 Å². The fraction of sp³-hybridized carbons (Fsp3) is 0.600. The molecule has 2 N–H and O–H groups in total. The van der Waals surface area contributed by atoms with E-state index < -0.39 is 11.7 Å². The van der Waals surface area contributed by atoms with Gasteiger partial charge in [-0.3, -0.25) is 0 Å². The van der Waals surface area contributed by atoms with Crippen LogP contribution in [-0.4, -0.2) is 36.4 Å². The van der Waals surface area contributed by atoms with Crippen LogP contribution in [0.5, 0.6) is 5.88 Å². The minimum Gasteiger partial charge on any atom is -0.481 e. The van der Waals surface area contributed by atoms with Crippen LogP contribution >= 0.6 is 0 Å². The highest BCUT2D eigenvalue weighted by Crippen LogP contribution is 2.07. The Kier molecular flexibility index (Phi) is 6.42. The van der Waals surface area contributed by atoms with Gasteiger partial charge in [0.1, 0.15) is 5.60 Å². The summed E-state index contributed by atoms with van der Waals surface area (Å²) in [5, 5.41) is 6.01. The molecule has 6 heteroatoms. The molecule has 1 heterocycles. The Morgan fingerprint density at radius 1 is 1.38 bits per heavy atom. The number of carbonyl (C=O) groups excluding carboxylic acids is 1. The molecule has 0 fully saturated rings. The Labute approximate surface area is 126 Å². The molecule has 0 radical (unpaired) electrons. The lowest BCUT2D eigenvalue weighted by atomic mass is 10.2. The maximum atomic E-state index is 11.5. The highest BCUT2D eigenvalue weighted by Gasteiger charge is 2.16. The molecule has 0 saturated heterocycles. The average molecular weight is 295 g/mol. The maximum Gasteiger partial charge on any atom is 0.407 e. The smallest absolute Gasteiger partial charge is 0.407 e. The second-order valence-electron chi connectivity index (χ2n) is 5.84. The second kappa shape index (κ2) is 7.83. The number of ether oxygens (including phenoxy) is 2. The van der Waals surface area contributed by atoms with Crippen LogP contribution in [0.4, 0.5) is 4.79 Å². The van der Waals surface area contributed by atoms with Crippen molar-refractivity contribution in [1.29, 1.82) is 0 Å². The van der Waals surface area contributed by atoms with Crippen LogP contribution in [0.2, 0.25) is 0 Å². The molecule has 0 aliphatic rings. The standard InChI is InChI=1S/C15H25N3O3/c1-11(9-17-14(19)21-15(2,3)4)16-10-12-7-6-8-13(18-12)20-5/h6-8,11,16H,9-10H2,1-5H3,(H,17,19). The van der Waals surface area contributed by atoms with Gasteiger partial charge < -0.3 is 20.1 Å². The summed E-state index contributed by atoms with van der Waals surface area (Å²) >= 11 is 0. The van der Waals surface area contributed by atoms with E-state index in [0.29, 0.717) is 19.0 Å². The van der Waals surface area contributed by atoms with Crippen LogP contribution in [0.3, 0.4) is 0 Å². The molecule has 0 aliphatic carbocycles. The maximum absolute atomic E-state index is 11.5. The van der Waals surface area contributed by atoms with Crippen molar-refractivity contribution in [3.8, 4) is 5.88 Å². The minimum atomic E-state index is -0.481. The number of carbonyl (C=O) groups is 1. The Balaban J connectivity index is 2.30. The summed E-state index contributed by atoms with van der Waals surface area (Å²) < 4.78 is 10.2. The van der Waals surface area contributed by atoms with Crippen molar-refractivity contribution in [2.24, 2.45) is 0 Å². The van der Waals surface area contributed by atoms with Crippen LogP contribution in [-0.2, 0) is 11.3 Å². The summed E-state index contributed by atoms with van der Waals surface area (Å²) in [4.78, 5) is 15.8. The zero-order valence-corrected chi connectivity index (χ0v) is 13.4. The Morgan fingerprint density at radius 3 is 2.71 bits per heavy atom. The summed E-state index contributed by atoms with van der Waals surface area (Å²) in [5.41, 5.74) is 0.407. The van der Waals surface area contributed by atoms with E-state index in [1.54, 1.807) is 13.2 Å². The number of hydrogen-bond acceptors (Lipinski definition) is 5. The largest absolute Gasteiger partial charge is 0.481 e. The highest BCUT2D eigenvalue weighted by atomic mass is 16.6. The molecule has 6 nitrogen and oxygen atoms in total. The molecule has 0 spiro atoms. The van der Waals surface area contributed by atoms with E-state index in [1.807, 2.05) is 39.8 Å². The van der Waals surface area contributed by atoms with Crippen molar-refractivity contribution in [1.82, 2.24) is 15.6 Å². The first-order chi connectivity index (χ1) is 9.80. The number of nitrogens with zero attached hydrogens (tertiary/aromatic N) is 1. The van der Waals surface area contributed by atoms with E-state index in [0.717, 1.165) is 5.69 Å². The van der Waals surface area contributed by atoms with E-state index in [4.69, 9.17) is 9.47 Å². The molecule has 1 atom stereocenters. The van der Waals surface area contributed by atoms with Gasteiger partial charge in [0.2, 0.25) is 5.88 Å². The zero-order valence-electron chi connectivity index (χ0n) is 13.4. The minimum absolute atomic E-state index is 0.102. The molecule has 0 aliphatic heterocycles. The number of aromatic nitrogens is 1. The average Bonchev–Trinajstić information content (AvgIpc) is 2.41. The van der Waals surface area contributed by atoms with Gasteiger partial charge in [0.25, 0.3) is 0 Å². The predicted molar refractivity (Wildman–Crippen MR) is 81.3 cm³/mol. The molecule has 0 aromatic carbocycles. The van der Waals surface area contributed by atoms with Crippen molar-refractivity contribution in [2.45, 2.75) is 45.9 Å². The van der Waals surface area contributed by atoms with E-state index in [1.165, 1.54) is 0 Å². The van der Waals surface area contributed by atoms with Crippen LogP contribution in [0, 0.1) is 0 Å². The fourth-order valence-electron chi connectivity index (χ4n) is 1.57. The summed E-state index contributed by atoms with van der Waals surface area (Å²) in [6.07, 6.45) is -0.407. The van der Waals surface area contributed by atoms with Crippen LogP contribution in [0.25, 0.3) is 0 Å². The van der Waals surface area contributed by atoms with Gasteiger partial charge in [0.15, 0.2) is 0 Å². The molecule has 1 aromatic rings. The van der Waals surface area contributed by atoms with E-state index in [-0.39, 0.29) is 6.04 Å². The van der Waals surface area contributed by atoms with Gasteiger partial charge in [0.05, 0.1) is 12.8 Å². The second-order valence-corrected chi connectivity index (χ2v) is 5.84. The van der Waals surface area contributed by atoms with Crippen molar-refractivity contribution >= 4 is 6.09 Å². The number of methoxy groups -OCH3 is 1. The lowest BCUT2D eigenvalue weighted by Gasteiger charge is -2.21. The first kappa shape index (κ1) is 17.2. The van der Waals surface area contributed by atoms with E-state index >= 15 is 0 Å². The number of rotatable bonds is 6. The molecule has 0 bridgehead atoms. The Bertz CT molecular complexity index is 458. The monoisotopic (exact) mass is 295 g/mol. The number of nitrogens with one attached hydrogen (secondary N) is 2. The molecule has 1 amide bonds. The van der Waals surface area contributed by atoms with Crippen LogP contribution in [0.15, 0.2) is 18.2 Å². The number of pyridine rings is 1. The number of hydrogen-bond donors (Lipinski definition) is 2. The van der Waals surface area contributed by atoms with Gasteiger partial charge >= 0.3 is 6.09 Å². The van der Waals surface area contributed by atoms with Gasteiger partial charge in [0, 0.05) is 25.2 Å². The first-order valence-corrected chi connectivity index (χ1v) is 7.00. The van der Waals surface area contributed by atoms with Crippen molar-refractivity contribution in [3.05, 3.63) is 23.9 Å². The molecule has 0 saturated carbocycles. The predicted octanol–water partition coefficient (Wildman–Crippen LogP) is 2.09. The molecule has 21 heavy (non-hydrogen) atoms. The lowest BCUT2D eigenvalue weighted by Crippen LogP contribution is -2.41. The van der Waals surface area contributed by atoms with Gasteiger partial charge in [-0.1, -0.05) is 6.07 Å². The highest BCUT2D eigenvalue weighted by molar-refractivity contribution is 5.67. The van der Waals surface area contributed by atoms with Gasteiger partial charge in [-0.2, -0.15) is 0 Å². The number of alkyl carbamates (subject to hydrolysis) is 1. The third-order valence-electron chi connectivity index (χ3n) is 2.57. The number of amides is 1. The van der Waals surface area contributed by atoms with E-state index in [9.17, 15) is 4.79 Å². The lowest BCUT2D eigenvalue weighted by molar-refractivity contribution is 0.0523. The Morgan fingerprint density at radius 2 is 2.10 bits per heavy atom. The van der Waals surface area contributed by atoms with Gasteiger partial charge in [-0.05, 0) is 33.8 Å². The molecule has 118 valence electrons. The summed E-state index contributed by atoms with van der Waals surface area (Å²) in [6.45, 7) is 8.58. The molecular weight excluding hydrogens is 270 g/mol. The molecule has 1 aromatic heterocycles. The summed E-state index contributed by atoms with van der Waals surface area (Å²) in [7, 11) is 1.59. The SMILES string of the molecule is COc1cccc(CNC(C)CNC(=O)OC(C)(C)C)n1. The third kappa shape index (κ3) is 7.51. The fourth-order valence-corrected chi connectivity index (χ4v) is 1.57. The third-order valence-corrected chi connectivity index (χ3v) is 2.57. The van der Waals surface area contributed by atoms with Crippen molar-refractivity contribution in [3.63, 3.8) is 0 Å². The first-order valence-electron chi connectivity index (χ1n) is 7.00. The summed E-state index contributed by atoms with van der Waals surface area (Å²) in [6, 6.07) is 5.72. The Hall–Kier alpha value is -1.82. The van der Waals surface area contributed by atoms with Gasteiger partial charge in [-0.15, -0.1) is 0 Å². The molecule has 1 rings (SSSR count). The normalized spacial score (nSPS) is 12.6.